The number of sulfonamides is 2. The van der Waals surface area contributed by atoms with Crippen LogP contribution < -0.4 is 14.8 Å². The number of carbonyl (C=O) groups is 1. The van der Waals surface area contributed by atoms with Crippen LogP contribution in [0.25, 0.3) is 43.6 Å². The van der Waals surface area contributed by atoms with E-state index in [0.29, 0.717) is 18.9 Å². The van der Waals surface area contributed by atoms with Crippen molar-refractivity contribution < 1.29 is 26.4 Å². The molecule has 2 fully saturated rings. The lowest BCUT2D eigenvalue weighted by Crippen LogP contribution is -2.29. The van der Waals surface area contributed by atoms with Gasteiger partial charge in [0.25, 0.3) is 0 Å². The number of nitrogens with one attached hydrogen (secondary N) is 7. The smallest absolute Gasteiger partial charge is 0.407 e. The fraction of sp³-hybridized carbons (Fsp3) is 0.435. The number of likely N-dealkylation sites (tertiary alicyclic amines) is 1. The lowest BCUT2D eigenvalue weighted by molar-refractivity contribution is 0.177. The fourth-order valence-corrected chi connectivity index (χ4v) is 12.1. The second-order valence-electron chi connectivity index (χ2n) is 22.9. The molecular weight excluding hydrogens is 1100 g/mol. The van der Waals surface area contributed by atoms with Crippen LogP contribution in [0.5, 0.6) is 0 Å². The number of hydrogen-bond acceptors (Lipinski definition) is 12. The van der Waals surface area contributed by atoms with Crippen molar-refractivity contribution in [2.75, 3.05) is 109 Å². The minimum Gasteiger partial charge on any atom is -0.447 e. The van der Waals surface area contributed by atoms with Gasteiger partial charge < -0.3 is 49.6 Å². The molecule has 0 radical (unpaired) electrons. The maximum Gasteiger partial charge on any atom is 0.407 e. The lowest BCUT2D eigenvalue weighted by atomic mass is 9.89. The molecule has 452 valence electrons. The van der Waals surface area contributed by atoms with Gasteiger partial charge in [-0.3, -0.25) is 0 Å². The fourth-order valence-electron chi connectivity index (χ4n) is 10.6. The van der Waals surface area contributed by atoms with Gasteiger partial charge in [0, 0.05) is 88.0 Å². The third kappa shape index (κ3) is 18.1. The van der Waals surface area contributed by atoms with E-state index in [4.69, 9.17) is 4.74 Å². The molecule has 2 aliphatic heterocycles. The predicted molar refractivity (Wildman–Crippen MR) is 339 cm³/mol. The van der Waals surface area contributed by atoms with Crippen LogP contribution in [0.1, 0.15) is 63.3 Å². The monoisotopic (exact) mass is 1190 g/mol. The number of rotatable bonds is 21. The van der Waals surface area contributed by atoms with Gasteiger partial charge in [-0.2, -0.15) is 5.10 Å². The topological polar surface area (TPSA) is 237 Å². The van der Waals surface area contributed by atoms with Crippen molar-refractivity contribution in [3.63, 3.8) is 0 Å². The number of fused-ring (bicyclic) bond motifs is 4. The highest BCUT2D eigenvalue weighted by atomic mass is 32.2. The molecule has 2 aliphatic rings. The molecule has 20 nitrogen and oxygen atoms in total. The van der Waals surface area contributed by atoms with Gasteiger partial charge in [0.05, 0.1) is 24.1 Å². The van der Waals surface area contributed by atoms with Gasteiger partial charge >= 0.3 is 6.09 Å². The average Bonchev–Trinajstić information content (AvgIpc) is 4.41. The average molecular weight is 1190 g/mol. The van der Waals surface area contributed by atoms with Crippen LogP contribution in [0, 0.1) is 0 Å². The van der Waals surface area contributed by atoms with E-state index in [9.17, 15) is 21.6 Å². The Morgan fingerprint density at radius 1 is 0.607 bits per heavy atom. The zero-order valence-corrected chi connectivity index (χ0v) is 51.9. The van der Waals surface area contributed by atoms with Crippen LogP contribution in [-0.4, -0.2) is 192 Å². The Morgan fingerprint density at radius 3 is 1.58 bits per heavy atom. The van der Waals surface area contributed by atoms with Gasteiger partial charge in [0.2, 0.25) is 20.0 Å². The van der Waals surface area contributed by atoms with E-state index in [1.807, 2.05) is 49.2 Å². The summed E-state index contributed by atoms with van der Waals surface area (Å²) in [5.41, 5.74) is 14.2. The zero-order chi connectivity index (χ0) is 60.0. The molecular formula is C62H86N14O6S2. The number of benzene rings is 4. The summed E-state index contributed by atoms with van der Waals surface area (Å²) in [6.07, 6.45) is 18.1. The molecule has 9 aromatic rings. The van der Waals surface area contributed by atoms with Gasteiger partial charge in [-0.05, 0) is 220 Å². The first-order valence-corrected chi connectivity index (χ1v) is 32.1. The van der Waals surface area contributed by atoms with E-state index in [1.165, 1.54) is 87.5 Å². The predicted octanol–water partition coefficient (Wildman–Crippen LogP) is 7.22. The molecule has 5 aromatic heterocycles. The van der Waals surface area contributed by atoms with E-state index in [-0.39, 0.29) is 23.6 Å². The van der Waals surface area contributed by atoms with Crippen molar-refractivity contribution in [1.82, 2.24) is 69.1 Å². The van der Waals surface area contributed by atoms with E-state index < -0.39 is 20.0 Å². The van der Waals surface area contributed by atoms with E-state index in [1.54, 1.807) is 12.7 Å². The number of ether oxygens (including phenoxy) is 1. The van der Waals surface area contributed by atoms with E-state index in [2.05, 4.69) is 167 Å². The number of aromatic nitrogens is 7. The lowest BCUT2D eigenvalue weighted by Gasteiger charge is -2.28. The largest absolute Gasteiger partial charge is 0.447 e. The quantitative estimate of drug-likeness (QED) is 0.0378. The summed E-state index contributed by atoms with van der Waals surface area (Å²) >= 11 is 0. The van der Waals surface area contributed by atoms with Crippen LogP contribution in [0.2, 0.25) is 0 Å². The summed E-state index contributed by atoms with van der Waals surface area (Å²) in [5.74, 6) is 0.733. The van der Waals surface area contributed by atoms with Gasteiger partial charge in [0.1, 0.15) is 19.3 Å². The van der Waals surface area contributed by atoms with Crippen LogP contribution in [0.3, 0.4) is 0 Å². The highest BCUT2D eigenvalue weighted by molar-refractivity contribution is 7.89. The Kier molecular flexibility index (Phi) is 22.0. The molecule has 7 heterocycles. The van der Waals surface area contributed by atoms with E-state index >= 15 is 0 Å². The molecule has 0 unspecified atom stereocenters. The highest BCUT2D eigenvalue weighted by Gasteiger charge is 2.24. The zero-order valence-electron chi connectivity index (χ0n) is 50.3. The Balaban J connectivity index is 0.000000146. The normalized spacial score (nSPS) is 15.1. The first kappa shape index (κ1) is 63.1. The molecule has 0 saturated carbocycles. The number of hydrogen-bond donors (Lipinski definition) is 7. The Labute approximate surface area is 495 Å². The second kappa shape index (κ2) is 29.3. The van der Waals surface area contributed by atoms with E-state index in [0.717, 1.165) is 92.5 Å². The van der Waals surface area contributed by atoms with Crippen LogP contribution in [0.4, 0.5) is 4.79 Å². The number of piperidine rings is 1. The SMILES string of the molecule is CN(C)CCc1c[nH]c2ccc(C[C@H]3COC(=O)N3)cc12.CN(C)CCc1c[nH]c2ccc(Cn3cncn3)cc12.CNS(=O)(=O)CCc1ccc2[nH]cc(C3CCN(C)CC3)c2c1.CNS(=O)(=O)Cc1ccc2[nH]cc(CCN(C)C)c2c1. The molecule has 84 heavy (non-hydrogen) atoms. The highest BCUT2D eigenvalue weighted by Crippen LogP contribution is 2.34. The van der Waals surface area contributed by atoms with Crippen LogP contribution in [0.15, 0.2) is 110 Å². The minimum atomic E-state index is -3.23. The van der Waals surface area contributed by atoms with Crippen molar-refractivity contribution in [1.29, 1.82) is 0 Å². The number of alkyl carbamates (subject to hydrolysis) is 1. The molecule has 11 rings (SSSR count). The molecule has 2 saturated heterocycles. The number of aromatic amines is 4. The third-order valence-electron chi connectivity index (χ3n) is 15.6. The van der Waals surface area contributed by atoms with Gasteiger partial charge in [-0.25, -0.2) is 40.7 Å². The molecule has 4 aromatic carbocycles. The molecule has 7 N–H and O–H groups in total. The maximum atomic E-state index is 11.6. The van der Waals surface area contributed by atoms with Crippen LogP contribution in [-0.2, 0) is 69.2 Å². The van der Waals surface area contributed by atoms with Crippen molar-refractivity contribution >= 4 is 69.8 Å². The summed E-state index contributed by atoms with van der Waals surface area (Å²) < 4.78 is 57.9. The summed E-state index contributed by atoms with van der Waals surface area (Å²) in [6.45, 7) is 6.54. The summed E-state index contributed by atoms with van der Waals surface area (Å²) in [6, 6.07) is 25.0. The summed E-state index contributed by atoms with van der Waals surface area (Å²) in [4.78, 5) is 37.2. The summed E-state index contributed by atoms with van der Waals surface area (Å²) in [5, 5.41) is 11.9. The Bertz CT molecular complexity index is 3780. The van der Waals surface area contributed by atoms with Crippen molar-refractivity contribution in [2.45, 2.75) is 69.2 Å². The third-order valence-corrected chi connectivity index (χ3v) is 18.3. The number of carbonyl (C=O) groups excluding carboxylic acids is 1. The number of likely N-dealkylation sites (N-methyl/N-ethyl adjacent to an activating group) is 3. The second-order valence-corrected chi connectivity index (χ2v) is 26.9. The van der Waals surface area contributed by atoms with Crippen molar-refractivity contribution in [3.05, 3.63) is 155 Å². The number of nitrogens with zero attached hydrogens (tertiary/aromatic N) is 7. The van der Waals surface area contributed by atoms with Gasteiger partial charge in [0.15, 0.2) is 0 Å². The Morgan fingerprint density at radius 2 is 1.08 bits per heavy atom. The van der Waals surface area contributed by atoms with Crippen molar-refractivity contribution in [3.8, 4) is 0 Å². The molecule has 0 aliphatic carbocycles. The number of H-pyrrole nitrogens is 4. The molecule has 1 atom stereocenters. The first-order valence-electron chi connectivity index (χ1n) is 28.8. The molecule has 0 spiro atoms. The summed E-state index contributed by atoms with van der Waals surface area (Å²) in [7, 11) is 11.1. The number of cyclic esters (lactones) is 1. The van der Waals surface area contributed by atoms with Crippen molar-refractivity contribution in [2.24, 2.45) is 0 Å². The number of aryl methyl sites for hydroxylation is 1. The van der Waals surface area contributed by atoms with Crippen LogP contribution >= 0.6 is 0 Å². The minimum absolute atomic E-state index is 0.0116. The first-order chi connectivity index (χ1) is 40.2. The molecule has 22 heteroatoms. The van der Waals surface area contributed by atoms with Gasteiger partial charge in [-0.1, -0.05) is 24.3 Å². The standard InChI is InChI=1S/C17H25N3O2S.C16H21N3O2.C15H19N5.C14H21N3O2S/c1-18-23(21,22)10-7-13-3-4-17-15(11-13)16(12-19-17)14-5-8-20(2)9-6-14;1-19(2)6-5-12-9-17-15-4-3-11(8-14(12)15)7-13-10-21-16(20)18-13;1-19(2)6-5-13-8-17-15-4-3-12(7-14(13)15)9-20-11-16-10-18-20;1-15-20(18,19)10-11-4-5-14-13(8-11)12(9-16-14)6-7-17(2)3/h3-4,11-12,14,18-19H,5-10H2,1-2H3;3-4,8-9,13,17H,5-7,10H2,1-2H3,(H,18,20);3-4,7-8,10-11,17H,5-6,9H2,1-2H3;4-5,8-9,15-16H,6-7,10H2,1-3H3/t;13-;;/m.0../s1. The maximum absolute atomic E-state index is 11.6. The van der Waals surface area contributed by atoms with Gasteiger partial charge in [-0.15, -0.1) is 0 Å². The molecule has 1 amide bonds. The number of amides is 1. The molecule has 0 bridgehead atoms. The Hall–Kier alpha value is -6.89.